The van der Waals surface area contributed by atoms with Gasteiger partial charge in [-0.25, -0.2) is 13.2 Å². The summed E-state index contributed by atoms with van der Waals surface area (Å²) in [7, 11) is 1.32. The van der Waals surface area contributed by atoms with Gasteiger partial charge in [-0.1, -0.05) is 6.07 Å². The maximum atomic E-state index is 13.9. The van der Waals surface area contributed by atoms with Gasteiger partial charge in [0.05, 0.1) is 19.9 Å². The van der Waals surface area contributed by atoms with Gasteiger partial charge in [0, 0.05) is 5.56 Å². The molecular formula is C23H15F5N2O4S. The van der Waals surface area contributed by atoms with Crippen molar-refractivity contribution in [3.8, 4) is 11.5 Å². The van der Waals surface area contributed by atoms with Gasteiger partial charge in [-0.2, -0.15) is 8.78 Å². The van der Waals surface area contributed by atoms with Crippen LogP contribution in [0, 0.1) is 29.1 Å². The Balaban J connectivity index is 1.58. The number of nitrogens with one attached hydrogen (secondary N) is 1. The van der Waals surface area contributed by atoms with Gasteiger partial charge in [0.15, 0.2) is 10.9 Å². The van der Waals surface area contributed by atoms with Crippen molar-refractivity contribution in [1.82, 2.24) is 10.2 Å². The highest BCUT2D eigenvalue weighted by atomic mass is 32.1. The van der Waals surface area contributed by atoms with Crippen LogP contribution in [0.4, 0.5) is 22.0 Å². The van der Waals surface area contributed by atoms with Crippen LogP contribution in [-0.2, 0) is 17.9 Å². The Morgan fingerprint density at radius 3 is 2.37 bits per heavy atom. The van der Waals surface area contributed by atoms with Gasteiger partial charge in [-0.15, -0.1) is 0 Å². The zero-order valence-electron chi connectivity index (χ0n) is 17.8. The van der Waals surface area contributed by atoms with E-state index in [4.69, 9.17) is 26.1 Å². The highest BCUT2D eigenvalue weighted by molar-refractivity contribution is 7.80. The van der Waals surface area contributed by atoms with Crippen LogP contribution in [0.3, 0.4) is 0 Å². The number of thiocarbonyl (C=S) groups is 1. The Kier molecular flexibility index (Phi) is 6.74. The summed E-state index contributed by atoms with van der Waals surface area (Å²) in [5.74, 6) is -11.8. The summed E-state index contributed by atoms with van der Waals surface area (Å²) in [6, 6.07) is 7.91. The van der Waals surface area contributed by atoms with Crippen LogP contribution in [0.2, 0.25) is 0 Å². The van der Waals surface area contributed by atoms with E-state index in [1.54, 1.807) is 18.2 Å². The molecule has 1 N–H and O–H groups in total. The molecule has 12 heteroatoms. The quantitative estimate of drug-likeness (QED) is 0.162. The highest BCUT2D eigenvalue weighted by Crippen LogP contribution is 2.31. The standard InChI is InChI=1S/C23H15F5N2O4S/c1-32-15-5-4-11(8-14-22(31)30(23(35)29-14)9-13-3-2-6-33-13)7-12(15)10-34-21-19(27)17(25)16(24)18(26)20(21)28/h2-8H,9-10H2,1H3,(H,29,35)/b14-8+. The molecule has 0 atom stereocenters. The second kappa shape index (κ2) is 9.74. The molecule has 1 aliphatic rings. The predicted octanol–water partition coefficient (Wildman–Crippen LogP) is 4.82. The van der Waals surface area contributed by atoms with Gasteiger partial charge in [-0.3, -0.25) is 9.69 Å². The SMILES string of the molecule is COc1ccc(/C=C2/NC(=S)N(Cc3ccco3)C2=O)cc1COc1c(F)c(F)c(F)c(F)c1F. The third-order valence-corrected chi connectivity index (χ3v) is 5.34. The van der Waals surface area contributed by atoms with E-state index in [0.717, 1.165) is 0 Å². The molecule has 0 bridgehead atoms. The minimum absolute atomic E-state index is 0.124. The normalized spacial score (nSPS) is 14.6. The summed E-state index contributed by atoms with van der Waals surface area (Å²) >= 11 is 5.21. The molecule has 1 aromatic heterocycles. The molecule has 1 fully saturated rings. The van der Waals surface area contributed by atoms with Gasteiger partial charge >= 0.3 is 0 Å². The van der Waals surface area contributed by atoms with Crippen molar-refractivity contribution in [3.63, 3.8) is 0 Å². The fourth-order valence-electron chi connectivity index (χ4n) is 3.30. The van der Waals surface area contributed by atoms with E-state index in [0.29, 0.717) is 11.3 Å². The molecule has 0 saturated carbocycles. The van der Waals surface area contributed by atoms with Crippen molar-refractivity contribution in [3.05, 3.63) is 88.3 Å². The zero-order valence-corrected chi connectivity index (χ0v) is 18.7. The Bertz CT molecular complexity index is 1320. The number of hydrogen-bond donors (Lipinski definition) is 1. The van der Waals surface area contributed by atoms with Crippen molar-refractivity contribution < 1.29 is 40.6 Å². The third kappa shape index (κ3) is 4.69. The molecule has 1 saturated heterocycles. The number of halogens is 5. The van der Waals surface area contributed by atoms with Crippen LogP contribution in [0.15, 0.2) is 46.7 Å². The Labute approximate surface area is 200 Å². The molecule has 1 amide bonds. The number of carbonyl (C=O) groups is 1. The van der Waals surface area contributed by atoms with Crippen LogP contribution >= 0.6 is 12.2 Å². The minimum Gasteiger partial charge on any atom is -0.496 e. The largest absolute Gasteiger partial charge is 0.496 e. The molecule has 0 unspecified atom stereocenters. The number of furan rings is 1. The smallest absolute Gasteiger partial charge is 0.276 e. The summed E-state index contributed by atoms with van der Waals surface area (Å²) < 4.78 is 83.4. The fraction of sp³-hybridized carbons (Fsp3) is 0.130. The van der Waals surface area contributed by atoms with Crippen molar-refractivity contribution in [2.75, 3.05) is 7.11 Å². The number of amides is 1. The molecule has 182 valence electrons. The maximum absolute atomic E-state index is 13.9. The summed E-state index contributed by atoms with van der Waals surface area (Å²) in [5.41, 5.74) is 0.810. The fourth-order valence-corrected chi connectivity index (χ4v) is 3.56. The summed E-state index contributed by atoms with van der Waals surface area (Å²) in [6.45, 7) is -0.471. The van der Waals surface area contributed by atoms with Gasteiger partial charge in [0.25, 0.3) is 5.91 Å². The number of benzene rings is 2. The first kappa shape index (κ1) is 24.2. The van der Waals surface area contributed by atoms with Gasteiger partial charge in [0.1, 0.15) is 23.8 Å². The maximum Gasteiger partial charge on any atom is 0.276 e. The second-order valence-electron chi connectivity index (χ2n) is 7.22. The number of methoxy groups -OCH3 is 1. The van der Waals surface area contributed by atoms with Crippen molar-refractivity contribution in [1.29, 1.82) is 0 Å². The van der Waals surface area contributed by atoms with E-state index >= 15 is 0 Å². The lowest BCUT2D eigenvalue weighted by molar-refractivity contribution is -0.122. The average Bonchev–Trinajstić information content (AvgIpc) is 3.46. The Morgan fingerprint density at radius 2 is 1.74 bits per heavy atom. The van der Waals surface area contributed by atoms with Gasteiger partial charge < -0.3 is 19.2 Å². The van der Waals surface area contributed by atoms with Crippen LogP contribution in [0.25, 0.3) is 6.08 Å². The topological polar surface area (TPSA) is 63.9 Å². The van der Waals surface area contributed by atoms with Gasteiger partial charge in [0.2, 0.25) is 29.1 Å². The van der Waals surface area contributed by atoms with Crippen molar-refractivity contribution in [2.45, 2.75) is 13.2 Å². The number of carbonyl (C=O) groups excluding carboxylic acids is 1. The molecule has 4 rings (SSSR count). The first-order valence-corrected chi connectivity index (χ1v) is 10.3. The number of ether oxygens (including phenoxy) is 2. The lowest BCUT2D eigenvalue weighted by Crippen LogP contribution is -2.29. The molecule has 2 heterocycles. The number of rotatable bonds is 7. The van der Waals surface area contributed by atoms with Crippen LogP contribution in [0.1, 0.15) is 16.9 Å². The monoisotopic (exact) mass is 510 g/mol. The molecule has 0 spiro atoms. The van der Waals surface area contributed by atoms with E-state index < -0.39 is 47.3 Å². The summed E-state index contributed by atoms with van der Waals surface area (Å²) in [5, 5.41) is 2.97. The van der Waals surface area contributed by atoms with Crippen LogP contribution in [0.5, 0.6) is 11.5 Å². The third-order valence-electron chi connectivity index (χ3n) is 5.01. The Hall–Kier alpha value is -3.93. The molecule has 0 aliphatic carbocycles. The van der Waals surface area contributed by atoms with E-state index in [9.17, 15) is 26.7 Å². The summed E-state index contributed by atoms with van der Waals surface area (Å²) in [6.07, 6.45) is 2.94. The predicted molar refractivity (Wildman–Crippen MR) is 117 cm³/mol. The molecule has 35 heavy (non-hydrogen) atoms. The lowest BCUT2D eigenvalue weighted by atomic mass is 10.1. The first-order chi connectivity index (χ1) is 16.7. The average molecular weight is 510 g/mol. The van der Waals surface area contributed by atoms with Crippen LogP contribution < -0.4 is 14.8 Å². The van der Waals surface area contributed by atoms with Crippen molar-refractivity contribution in [2.24, 2.45) is 0 Å². The van der Waals surface area contributed by atoms with E-state index in [-0.39, 0.29) is 28.7 Å². The highest BCUT2D eigenvalue weighted by Gasteiger charge is 2.31. The molecule has 6 nitrogen and oxygen atoms in total. The summed E-state index contributed by atoms with van der Waals surface area (Å²) in [4.78, 5) is 14.1. The zero-order chi connectivity index (χ0) is 25.3. The number of hydrogen-bond acceptors (Lipinski definition) is 5. The number of nitrogens with zero attached hydrogens (tertiary/aromatic N) is 1. The van der Waals surface area contributed by atoms with Gasteiger partial charge in [-0.05, 0) is 48.1 Å². The second-order valence-corrected chi connectivity index (χ2v) is 7.60. The van der Waals surface area contributed by atoms with E-state index in [1.807, 2.05) is 0 Å². The molecule has 1 aliphatic heterocycles. The minimum atomic E-state index is -2.29. The molecule has 2 aromatic carbocycles. The molecular weight excluding hydrogens is 495 g/mol. The van der Waals surface area contributed by atoms with Crippen LogP contribution in [-0.4, -0.2) is 23.0 Å². The van der Waals surface area contributed by atoms with E-state index in [2.05, 4.69) is 5.32 Å². The van der Waals surface area contributed by atoms with E-state index in [1.165, 1.54) is 36.5 Å². The lowest BCUT2D eigenvalue weighted by Gasteiger charge is -2.13. The van der Waals surface area contributed by atoms with Crippen molar-refractivity contribution >= 4 is 29.3 Å². The molecule has 3 aromatic rings. The first-order valence-electron chi connectivity index (χ1n) is 9.89. The Morgan fingerprint density at radius 1 is 1.06 bits per heavy atom. The molecule has 0 radical (unpaired) electrons.